The maximum Gasteiger partial charge on any atom is 0.236 e. The van der Waals surface area contributed by atoms with Crippen LogP contribution >= 0.6 is 0 Å². The first-order valence-corrected chi connectivity index (χ1v) is 11.4. The second-order valence-corrected chi connectivity index (χ2v) is 9.45. The molecule has 1 fully saturated rings. The molecule has 0 aliphatic carbocycles. The highest BCUT2D eigenvalue weighted by atomic mass is 32.2. The Morgan fingerprint density at radius 1 is 1.13 bits per heavy atom. The van der Waals surface area contributed by atoms with E-state index in [-0.39, 0.29) is 39.1 Å². The summed E-state index contributed by atoms with van der Waals surface area (Å²) in [6, 6.07) is 12.3. The Labute approximate surface area is 179 Å². The number of amides is 1. The van der Waals surface area contributed by atoms with E-state index in [0.717, 1.165) is 5.56 Å². The second-order valence-electron chi connectivity index (χ2n) is 7.59. The third-order valence-electron chi connectivity index (χ3n) is 5.45. The predicted molar refractivity (Wildman–Crippen MR) is 113 cm³/mol. The first-order chi connectivity index (χ1) is 14.8. The largest absolute Gasteiger partial charge is 0.419 e. The number of carbonyl (C=O) groups is 1. The number of nitrogens with two attached hydrogens (primary N) is 1. The van der Waals surface area contributed by atoms with Gasteiger partial charge in [0.05, 0.1) is 10.5 Å². The SMILES string of the molecule is Cc1ccc(S(=O)(=O)c2nc(-c3ccccc3F)oc2N2CCC(C(N)=O)CC2)cc1. The molecule has 1 aliphatic heterocycles. The van der Waals surface area contributed by atoms with Crippen molar-refractivity contribution in [1.29, 1.82) is 0 Å². The van der Waals surface area contributed by atoms with Crippen LogP contribution in [-0.4, -0.2) is 32.4 Å². The molecule has 1 aliphatic rings. The van der Waals surface area contributed by atoms with Crippen LogP contribution in [0.4, 0.5) is 10.3 Å². The van der Waals surface area contributed by atoms with Gasteiger partial charge < -0.3 is 15.1 Å². The van der Waals surface area contributed by atoms with Crippen LogP contribution in [0.25, 0.3) is 11.5 Å². The molecule has 0 spiro atoms. The fourth-order valence-electron chi connectivity index (χ4n) is 3.62. The minimum atomic E-state index is -4.03. The molecule has 4 rings (SSSR count). The lowest BCUT2D eigenvalue weighted by molar-refractivity contribution is -0.122. The van der Waals surface area contributed by atoms with Crippen LogP contribution in [0.15, 0.2) is 62.9 Å². The molecular formula is C22H22FN3O4S. The Hall–Kier alpha value is -3.20. The fraction of sp³-hybridized carbons (Fsp3) is 0.273. The van der Waals surface area contributed by atoms with Gasteiger partial charge in [-0.2, -0.15) is 4.98 Å². The van der Waals surface area contributed by atoms with Crippen molar-refractivity contribution in [1.82, 2.24) is 4.98 Å². The van der Waals surface area contributed by atoms with Gasteiger partial charge in [-0.15, -0.1) is 0 Å². The lowest BCUT2D eigenvalue weighted by atomic mass is 9.96. The molecule has 0 unspecified atom stereocenters. The third kappa shape index (κ3) is 4.05. The van der Waals surface area contributed by atoms with Crippen LogP contribution < -0.4 is 10.6 Å². The normalized spacial score (nSPS) is 15.2. The molecule has 7 nitrogen and oxygen atoms in total. The highest BCUT2D eigenvalue weighted by Gasteiger charge is 2.34. The fourth-order valence-corrected chi connectivity index (χ4v) is 4.94. The number of aromatic nitrogens is 1. The summed E-state index contributed by atoms with van der Waals surface area (Å²) < 4.78 is 47.0. The van der Waals surface area contributed by atoms with E-state index in [4.69, 9.17) is 10.2 Å². The van der Waals surface area contributed by atoms with E-state index in [0.29, 0.717) is 25.9 Å². The predicted octanol–water partition coefficient (Wildman–Crippen LogP) is 3.32. The van der Waals surface area contributed by atoms with Crippen LogP contribution in [-0.2, 0) is 14.6 Å². The van der Waals surface area contributed by atoms with Crippen molar-refractivity contribution in [3.05, 3.63) is 59.9 Å². The summed E-state index contributed by atoms with van der Waals surface area (Å²) >= 11 is 0. The first kappa shape index (κ1) is 21.0. The van der Waals surface area contributed by atoms with Crippen molar-refractivity contribution in [3.63, 3.8) is 0 Å². The molecule has 162 valence electrons. The second kappa shape index (κ2) is 8.14. The summed E-state index contributed by atoms with van der Waals surface area (Å²) in [4.78, 5) is 17.5. The van der Waals surface area contributed by atoms with Gasteiger partial charge in [-0.3, -0.25) is 4.79 Å². The Morgan fingerprint density at radius 3 is 2.39 bits per heavy atom. The number of benzene rings is 2. The van der Waals surface area contributed by atoms with Gasteiger partial charge in [0.2, 0.25) is 32.5 Å². The minimum absolute atomic E-state index is 0.0433. The summed E-state index contributed by atoms with van der Waals surface area (Å²) in [5.41, 5.74) is 6.39. The molecule has 1 amide bonds. The lowest BCUT2D eigenvalue weighted by Crippen LogP contribution is -2.38. The van der Waals surface area contributed by atoms with Crippen molar-refractivity contribution in [3.8, 4) is 11.5 Å². The van der Waals surface area contributed by atoms with Gasteiger partial charge in [0.15, 0.2) is 0 Å². The molecule has 2 aromatic carbocycles. The maximum absolute atomic E-state index is 14.3. The van der Waals surface area contributed by atoms with Crippen molar-refractivity contribution in [2.45, 2.75) is 29.7 Å². The maximum atomic E-state index is 14.3. The molecule has 9 heteroatoms. The van der Waals surface area contributed by atoms with E-state index in [1.165, 1.54) is 30.3 Å². The van der Waals surface area contributed by atoms with E-state index in [9.17, 15) is 17.6 Å². The number of anilines is 1. The molecule has 0 radical (unpaired) electrons. The van der Waals surface area contributed by atoms with Gasteiger partial charge in [0.25, 0.3) is 0 Å². The molecular weight excluding hydrogens is 421 g/mol. The van der Waals surface area contributed by atoms with Gasteiger partial charge in [0, 0.05) is 19.0 Å². The highest BCUT2D eigenvalue weighted by molar-refractivity contribution is 7.91. The number of piperidine rings is 1. The van der Waals surface area contributed by atoms with Crippen LogP contribution in [0.2, 0.25) is 0 Å². The quantitative estimate of drug-likeness (QED) is 0.648. The third-order valence-corrected chi connectivity index (χ3v) is 7.12. The molecule has 0 bridgehead atoms. The molecule has 0 saturated carbocycles. The summed E-state index contributed by atoms with van der Waals surface area (Å²) in [6.07, 6.45) is 0.935. The monoisotopic (exact) mass is 443 g/mol. The number of nitrogens with zero attached hydrogens (tertiary/aromatic N) is 2. The summed E-state index contributed by atoms with van der Waals surface area (Å²) in [5.74, 6) is -1.29. The van der Waals surface area contributed by atoms with Gasteiger partial charge >= 0.3 is 0 Å². The lowest BCUT2D eigenvalue weighted by Gasteiger charge is -2.30. The average Bonchev–Trinajstić information content (AvgIpc) is 3.20. The zero-order valence-electron chi connectivity index (χ0n) is 16.9. The van der Waals surface area contributed by atoms with Gasteiger partial charge in [-0.25, -0.2) is 12.8 Å². The number of hydrogen-bond acceptors (Lipinski definition) is 6. The van der Waals surface area contributed by atoms with E-state index >= 15 is 0 Å². The van der Waals surface area contributed by atoms with Crippen LogP contribution in [0.5, 0.6) is 0 Å². The number of halogens is 1. The highest BCUT2D eigenvalue weighted by Crippen LogP contribution is 2.37. The zero-order valence-corrected chi connectivity index (χ0v) is 17.7. The van der Waals surface area contributed by atoms with Gasteiger partial charge in [0.1, 0.15) is 5.82 Å². The van der Waals surface area contributed by atoms with Crippen molar-refractivity contribution in [2.75, 3.05) is 18.0 Å². The van der Waals surface area contributed by atoms with E-state index < -0.39 is 15.7 Å². The molecule has 1 saturated heterocycles. The zero-order chi connectivity index (χ0) is 22.2. The van der Waals surface area contributed by atoms with Crippen LogP contribution in [0, 0.1) is 18.7 Å². The van der Waals surface area contributed by atoms with Crippen molar-refractivity contribution in [2.24, 2.45) is 11.7 Å². The minimum Gasteiger partial charge on any atom is -0.419 e. The van der Waals surface area contributed by atoms with Crippen LogP contribution in [0.1, 0.15) is 18.4 Å². The first-order valence-electron chi connectivity index (χ1n) is 9.89. The molecule has 0 atom stereocenters. The summed E-state index contributed by atoms with van der Waals surface area (Å²) in [5, 5.41) is -0.271. The van der Waals surface area contributed by atoms with Gasteiger partial charge in [-0.05, 0) is 44.0 Å². The Bertz CT molecular complexity index is 1210. The Morgan fingerprint density at radius 2 is 1.77 bits per heavy atom. The number of oxazole rings is 1. The van der Waals surface area contributed by atoms with E-state index in [1.54, 1.807) is 23.1 Å². The van der Waals surface area contributed by atoms with E-state index in [2.05, 4.69) is 4.98 Å². The molecule has 3 aromatic rings. The molecule has 31 heavy (non-hydrogen) atoms. The standard InChI is InChI=1S/C22H22FN3O4S/c1-14-6-8-16(9-7-14)31(28,29)21-22(26-12-10-15(11-13-26)19(24)27)30-20(25-21)17-4-2-3-5-18(17)23/h2-9,15H,10-13H2,1H3,(H2,24,27). The topological polar surface area (TPSA) is 106 Å². The number of aryl methyl sites for hydroxylation is 1. The molecule has 1 aromatic heterocycles. The Balaban J connectivity index is 1.80. The van der Waals surface area contributed by atoms with Crippen molar-refractivity contribution >= 4 is 21.6 Å². The van der Waals surface area contributed by atoms with E-state index in [1.807, 2.05) is 6.92 Å². The van der Waals surface area contributed by atoms with Gasteiger partial charge in [-0.1, -0.05) is 29.8 Å². The number of rotatable bonds is 5. The Kier molecular flexibility index (Phi) is 5.53. The number of hydrogen-bond donors (Lipinski definition) is 1. The molecule has 2 heterocycles. The summed E-state index contributed by atoms with van der Waals surface area (Å²) in [7, 11) is -4.03. The number of carbonyl (C=O) groups excluding carboxylic acids is 1. The number of sulfone groups is 1. The number of primary amides is 1. The average molecular weight is 444 g/mol. The van der Waals surface area contributed by atoms with Crippen LogP contribution in [0.3, 0.4) is 0 Å². The smallest absolute Gasteiger partial charge is 0.236 e. The van der Waals surface area contributed by atoms with Crippen molar-refractivity contribution < 1.29 is 22.0 Å². The molecule has 2 N–H and O–H groups in total. The summed E-state index contributed by atoms with van der Waals surface area (Å²) in [6.45, 7) is 2.60.